The van der Waals surface area contributed by atoms with Gasteiger partial charge in [0.05, 0.1) is 11.4 Å². The second kappa shape index (κ2) is 9.05. The summed E-state index contributed by atoms with van der Waals surface area (Å²) in [7, 11) is -1.40. The standard InChI is InChI=1S/C21H26ClN3O3S/c1-24(13-11-23-18-6-8-19(9-7-18)29(2,27)28)21(26)15-25-12-3-4-16-14-17(22)5-10-20(16)25/h5-10,14,23H,3-4,11-13,15H2,1-2H3. The van der Waals surface area contributed by atoms with E-state index < -0.39 is 9.84 Å². The number of sulfone groups is 1. The molecule has 29 heavy (non-hydrogen) atoms. The first-order valence-corrected chi connectivity index (χ1v) is 11.8. The molecule has 0 aliphatic carbocycles. The van der Waals surface area contributed by atoms with Crippen LogP contribution in [0.15, 0.2) is 47.4 Å². The van der Waals surface area contributed by atoms with Gasteiger partial charge in [-0.3, -0.25) is 4.79 Å². The van der Waals surface area contributed by atoms with Gasteiger partial charge in [0.1, 0.15) is 0 Å². The zero-order chi connectivity index (χ0) is 21.0. The second-order valence-electron chi connectivity index (χ2n) is 7.34. The Hall–Kier alpha value is -2.25. The first-order valence-electron chi connectivity index (χ1n) is 9.55. The van der Waals surface area contributed by atoms with Gasteiger partial charge in [0, 0.05) is 49.3 Å². The number of fused-ring (bicyclic) bond motifs is 1. The van der Waals surface area contributed by atoms with Gasteiger partial charge >= 0.3 is 0 Å². The van der Waals surface area contributed by atoms with Gasteiger partial charge in [0.15, 0.2) is 9.84 Å². The van der Waals surface area contributed by atoms with Crippen LogP contribution in [0.4, 0.5) is 11.4 Å². The molecule has 0 spiro atoms. The Kier molecular flexibility index (Phi) is 6.70. The van der Waals surface area contributed by atoms with Gasteiger partial charge in [-0.1, -0.05) is 11.6 Å². The second-order valence-corrected chi connectivity index (χ2v) is 9.79. The molecule has 2 aromatic rings. The molecule has 0 bridgehead atoms. The lowest BCUT2D eigenvalue weighted by Crippen LogP contribution is -2.42. The number of halogens is 1. The summed E-state index contributed by atoms with van der Waals surface area (Å²) in [5.41, 5.74) is 3.10. The lowest BCUT2D eigenvalue weighted by Gasteiger charge is -2.32. The van der Waals surface area contributed by atoms with Crippen molar-refractivity contribution in [1.82, 2.24) is 4.90 Å². The first-order chi connectivity index (χ1) is 13.7. The van der Waals surface area contributed by atoms with Gasteiger partial charge in [0.2, 0.25) is 5.91 Å². The van der Waals surface area contributed by atoms with Crippen LogP contribution in [-0.2, 0) is 21.1 Å². The maximum atomic E-state index is 12.6. The minimum absolute atomic E-state index is 0.0574. The summed E-state index contributed by atoms with van der Waals surface area (Å²) in [5, 5.41) is 3.94. The van der Waals surface area contributed by atoms with E-state index >= 15 is 0 Å². The van der Waals surface area contributed by atoms with Crippen molar-refractivity contribution in [3.63, 3.8) is 0 Å². The van der Waals surface area contributed by atoms with E-state index in [1.807, 2.05) is 18.2 Å². The molecule has 2 aromatic carbocycles. The lowest BCUT2D eigenvalue weighted by molar-refractivity contribution is -0.128. The number of hydrogen-bond donors (Lipinski definition) is 1. The van der Waals surface area contributed by atoms with Crippen LogP contribution in [0.2, 0.25) is 5.02 Å². The zero-order valence-corrected chi connectivity index (χ0v) is 18.3. The van der Waals surface area contributed by atoms with Gasteiger partial charge in [-0.25, -0.2) is 8.42 Å². The number of benzene rings is 2. The summed E-state index contributed by atoms with van der Waals surface area (Å²) >= 11 is 6.09. The number of amides is 1. The molecule has 0 saturated carbocycles. The van der Waals surface area contributed by atoms with Crippen LogP contribution in [0.5, 0.6) is 0 Å². The van der Waals surface area contributed by atoms with Gasteiger partial charge in [-0.05, 0) is 60.9 Å². The molecule has 156 valence electrons. The molecule has 0 radical (unpaired) electrons. The smallest absolute Gasteiger partial charge is 0.241 e. The highest BCUT2D eigenvalue weighted by molar-refractivity contribution is 7.90. The van der Waals surface area contributed by atoms with Crippen molar-refractivity contribution >= 4 is 38.7 Å². The molecule has 0 fully saturated rings. The van der Waals surface area contributed by atoms with E-state index in [1.165, 1.54) is 11.8 Å². The van der Waals surface area contributed by atoms with Crippen LogP contribution in [0.1, 0.15) is 12.0 Å². The minimum atomic E-state index is -3.20. The van der Waals surface area contributed by atoms with E-state index in [1.54, 1.807) is 36.2 Å². The molecule has 0 unspecified atom stereocenters. The summed E-state index contributed by atoms with van der Waals surface area (Å²) in [6.07, 6.45) is 3.18. The predicted octanol–water partition coefficient (Wildman–Crippen LogP) is 3.07. The SMILES string of the molecule is CN(CCNc1ccc(S(C)(=O)=O)cc1)C(=O)CN1CCCc2cc(Cl)ccc21. The van der Waals surface area contributed by atoms with Gasteiger partial charge in [-0.15, -0.1) is 0 Å². The van der Waals surface area contributed by atoms with Crippen molar-refractivity contribution in [3.8, 4) is 0 Å². The molecule has 1 aliphatic rings. The molecule has 6 nitrogen and oxygen atoms in total. The highest BCUT2D eigenvalue weighted by Gasteiger charge is 2.20. The first kappa shape index (κ1) is 21.5. The van der Waals surface area contributed by atoms with Crippen LogP contribution in [0.3, 0.4) is 0 Å². The summed E-state index contributed by atoms with van der Waals surface area (Å²) in [4.78, 5) is 16.8. The number of aryl methyl sites for hydroxylation is 1. The number of rotatable bonds is 7. The summed E-state index contributed by atoms with van der Waals surface area (Å²) < 4.78 is 23.0. The fraction of sp³-hybridized carbons (Fsp3) is 0.381. The van der Waals surface area contributed by atoms with Gasteiger partial charge < -0.3 is 15.1 Å². The van der Waals surface area contributed by atoms with E-state index in [-0.39, 0.29) is 5.91 Å². The fourth-order valence-electron chi connectivity index (χ4n) is 3.40. The molecule has 1 amide bonds. The van der Waals surface area contributed by atoms with Crippen molar-refractivity contribution < 1.29 is 13.2 Å². The predicted molar refractivity (Wildman–Crippen MR) is 118 cm³/mol. The lowest BCUT2D eigenvalue weighted by atomic mass is 10.0. The number of carbonyl (C=O) groups is 1. The molecule has 8 heteroatoms. The molecule has 0 saturated heterocycles. The molecular formula is C21H26ClN3O3S. The normalized spacial score (nSPS) is 13.7. The maximum absolute atomic E-state index is 12.6. The van der Waals surface area contributed by atoms with Crippen LogP contribution >= 0.6 is 11.6 Å². The van der Waals surface area contributed by atoms with E-state index in [4.69, 9.17) is 11.6 Å². The monoisotopic (exact) mass is 435 g/mol. The van der Waals surface area contributed by atoms with Crippen LogP contribution < -0.4 is 10.2 Å². The Morgan fingerprint density at radius 3 is 2.62 bits per heavy atom. The Morgan fingerprint density at radius 1 is 1.21 bits per heavy atom. The summed E-state index contributed by atoms with van der Waals surface area (Å²) in [5.74, 6) is 0.0574. The van der Waals surface area contributed by atoms with Gasteiger partial charge in [0.25, 0.3) is 0 Å². The average Bonchev–Trinajstić information content (AvgIpc) is 2.67. The Labute approximate surface area is 177 Å². The van der Waals surface area contributed by atoms with Crippen molar-refractivity contribution in [2.24, 2.45) is 0 Å². The molecule has 1 N–H and O–H groups in total. The average molecular weight is 436 g/mol. The van der Waals surface area contributed by atoms with Crippen molar-refractivity contribution in [2.75, 3.05) is 49.7 Å². The number of nitrogens with zero attached hydrogens (tertiary/aromatic N) is 2. The van der Waals surface area contributed by atoms with Crippen molar-refractivity contribution in [2.45, 2.75) is 17.7 Å². The molecular weight excluding hydrogens is 410 g/mol. The van der Waals surface area contributed by atoms with Crippen LogP contribution in [0.25, 0.3) is 0 Å². The summed E-state index contributed by atoms with van der Waals surface area (Å²) in [6.45, 7) is 2.33. The van der Waals surface area contributed by atoms with E-state index in [0.717, 1.165) is 35.8 Å². The zero-order valence-electron chi connectivity index (χ0n) is 16.7. The van der Waals surface area contributed by atoms with Crippen molar-refractivity contribution in [3.05, 3.63) is 53.1 Å². The van der Waals surface area contributed by atoms with Crippen molar-refractivity contribution in [1.29, 1.82) is 0 Å². The maximum Gasteiger partial charge on any atom is 0.241 e. The molecule has 3 rings (SSSR count). The number of anilines is 2. The van der Waals surface area contributed by atoms with E-state index in [9.17, 15) is 13.2 Å². The number of carbonyl (C=O) groups excluding carboxylic acids is 1. The topological polar surface area (TPSA) is 69.7 Å². The fourth-order valence-corrected chi connectivity index (χ4v) is 4.23. The molecule has 1 aliphatic heterocycles. The molecule has 0 aromatic heterocycles. The van der Waals surface area contributed by atoms with Crippen LogP contribution in [-0.4, -0.2) is 58.7 Å². The number of nitrogens with one attached hydrogen (secondary N) is 1. The largest absolute Gasteiger partial charge is 0.383 e. The molecule has 1 heterocycles. The quantitative estimate of drug-likeness (QED) is 0.723. The van der Waals surface area contributed by atoms with Crippen LogP contribution in [0, 0.1) is 0 Å². The third-order valence-electron chi connectivity index (χ3n) is 5.07. The summed E-state index contributed by atoms with van der Waals surface area (Å²) in [6, 6.07) is 12.5. The molecule has 0 atom stereocenters. The Morgan fingerprint density at radius 2 is 1.93 bits per heavy atom. The third-order valence-corrected chi connectivity index (χ3v) is 6.43. The number of hydrogen-bond acceptors (Lipinski definition) is 5. The Balaban J connectivity index is 1.50. The Bertz CT molecular complexity index is 977. The highest BCUT2D eigenvalue weighted by Crippen LogP contribution is 2.29. The number of likely N-dealkylation sites (N-methyl/N-ethyl adjacent to an activating group) is 1. The van der Waals surface area contributed by atoms with E-state index in [0.29, 0.717) is 24.5 Å². The van der Waals surface area contributed by atoms with Gasteiger partial charge in [-0.2, -0.15) is 0 Å². The highest BCUT2D eigenvalue weighted by atomic mass is 35.5. The minimum Gasteiger partial charge on any atom is -0.383 e. The third kappa shape index (κ3) is 5.64. The van der Waals surface area contributed by atoms with E-state index in [2.05, 4.69) is 10.2 Å².